The number of hydrogen-bond donors (Lipinski definition) is 1. The molecule has 1 fully saturated rings. The van der Waals surface area contributed by atoms with Gasteiger partial charge in [0.1, 0.15) is 11.5 Å². The first-order valence-corrected chi connectivity index (χ1v) is 8.99. The maximum atomic E-state index is 12.4. The van der Waals surface area contributed by atoms with Gasteiger partial charge in [0.05, 0.1) is 12.5 Å². The second-order valence-corrected chi connectivity index (χ2v) is 7.25. The lowest BCUT2D eigenvalue weighted by atomic mass is 10.1. The van der Waals surface area contributed by atoms with Crippen molar-refractivity contribution < 1.29 is 14.1 Å². The molecule has 0 saturated carbocycles. The van der Waals surface area contributed by atoms with E-state index in [9.17, 15) is 9.59 Å². The van der Waals surface area contributed by atoms with Crippen LogP contribution in [-0.4, -0.2) is 28.4 Å². The predicted octanol–water partition coefficient (Wildman–Crippen LogP) is 2.77. The lowest BCUT2D eigenvalue weighted by molar-refractivity contribution is -0.129. The third-order valence-corrected chi connectivity index (χ3v) is 4.67. The summed E-state index contributed by atoms with van der Waals surface area (Å²) in [7, 11) is 0. The van der Waals surface area contributed by atoms with Crippen molar-refractivity contribution in [1.82, 2.24) is 15.4 Å². The Labute approximate surface area is 153 Å². The zero-order valence-corrected chi connectivity index (χ0v) is 15.5. The summed E-state index contributed by atoms with van der Waals surface area (Å²) in [5, 5.41) is 6.83. The largest absolute Gasteiger partial charge is 0.361 e. The monoisotopic (exact) mass is 355 g/mol. The molecule has 0 bridgehead atoms. The minimum atomic E-state index is -0.315. The lowest BCUT2D eigenvalue weighted by Gasteiger charge is -2.16. The van der Waals surface area contributed by atoms with Gasteiger partial charge in [-0.05, 0) is 12.5 Å². The molecule has 6 nitrogen and oxygen atoms in total. The zero-order valence-electron chi connectivity index (χ0n) is 15.5. The number of amides is 2. The van der Waals surface area contributed by atoms with Crippen LogP contribution in [0.15, 0.2) is 34.9 Å². The highest BCUT2D eigenvalue weighted by Crippen LogP contribution is 2.21. The van der Waals surface area contributed by atoms with Crippen LogP contribution >= 0.6 is 0 Å². The van der Waals surface area contributed by atoms with Crippen LogP contribution in [-0.2, 0) is 22.7 Å². The number of hydrogen-bond acceptors (Lipinski definition) is 4. The summed E-state index contributed by atoms with van der Waals surface area (Å²) < 4.78 is 5.23. The standard InChI is InChI=1S/C20H25N3O3/c1-13(2)18-9-17(22-26-18)10-21-20(25)16-8-19(24)23(12-16)11-15-6-4-14(3)5-7-15/h4-7,9,13,16H,8,10-12H2,1-3H3,(H,21,25)/t16-/m0/s1. The molecule has 2 heterocycles. The Kier molecular flexibility index (Phi) is 5.40. The van der Waals surface area contributed by atoms with Gasteiger partial charge in [-0.3, -0.25) is 9.59 Å². The number of benzene rings is 1. The summed E-state index contributed by atoms with van der Waals surface area (Å²) in [5.74, 6) is 0.654. The summed E-state index contributed by atoms with van der Waals surface area (Å²) in [6, 6.07) is 9.96. The van der Waals surface area contributed by atoms with Crippen molar-refractivity contribution in [2.45, 2.75) is 46.2 Å². The van der Waals surface area contributed by atoms with Gasteiger partial charge in [0.15, 0.2) is 0 Å². The average Bonchev–Trinajstić information content (AvgIpc) is 3.22. The number of likely N-dealkylation sites (tertiary alicyclic amines) is 1. The van der Waals surface area contributed by atoms with Crippen molar-refractivity contribution in [3.05, 3.63) is 52.9 Å². The van der Waals surface area contributed by atoms with Gasteiger partial charge in [0.2, 0.25) is 11.8 Å². The second kappa shape index (κ2) is 7.72. The van der Waals surface area contributed by atoms with Crippen LogP contribution in [0.1, 0.15) is 48.8 Å². The van der Waals surface area contributed by atoms with Gasteiger partial charge < -0.3 is 14.7 Å². The maximum Gasteiger partial charge on any atom is 0.225 e. The Balaban J connectivity index is 1.52. The summed E-state index contributed by atoms with van der Waals surface area (Å²) in [4.78, 5) is 26.4. The van der Waals surface area contributed by atoms with Gasteiger partial charge in [-0.1, -0.05) is 48.8 Å². The second-order valence-electron chi connectivity index (χ2n) is 7.25. The molecule has 0 aliphatic carbocycles. The Hall–Kier alpha value is -2.63. The quantitative estimate of drug-likeness (QED) is 0.864. The molecule has 1 aromatic carbocycles. The van der Waals surface area contributed by atoms with Gasteiger partial charge >= 0.3 is 0 Å². The molecular weight excluding hydrogens is 330 g/mol. The van der Waals surface area contributed by atoms with Crippen LogP contribution in [0.3, 0.4) is 0 Å². The van der Waals surface area contributed by atoms with Gasteiger partial charge in [-0.2, -0.15) is 0 Å². The third-order valence-electron chi connectivity index (χ3n) is 4.67. The van der Waals surface area contributed by atoms with Crippen LogP contribution in [0.2, 0.25) is 0 Å². The minimum absolute atomic E-state index is 0.0225. The van der Waals surface area contributed by atoms with Crippen LogP contribution < -0.4 is 5.32 Å². The first-order valence-electron chi connectivity index (χ1n) is 8.99. The first-order chi connectivity index (χ1) is 12.4. The van der Waals surface area contributed by atoms with E-state index >= 15 is 0 Å². The summed E-state index contributed by atoms with van der Waals surface area (Å²) in [5.41, 5.74) is 2.96. The molecule has 26 heavy (non-hydrogen) atoms. The molecule has 1 N–H and O–H groups in total. The van der Waals surface area contributed by atoms with Crippen LogP contribution in [0.25, 0.3) is 0 Å². The maximum absolute atomic E-state index is 12.4. The first kappa shape index (κ1) is 18.2. The molecule has 0 radical (unpaired) electrons. The van der Waals surface area contributed by atoms with Crippen molar-refractivity contribution in [2.24, 2.45) is 5.92 Å². The highest BCUT2D eigenvalue weighted by molar-refractivity contribution is 5.89. The van der Waals surface area contributed by atoms with Crippen LogP contribution in [0.4, 0.5) is 0 Å². The Morgan fingerprint density at radius 1 is 1.35 bits per heavy atom. The van der Waals surface area contributed by atoms with Crippen LogP contribution in [0, 0.1) is 12.8 Å². The molecule has 1 atom stereocenters. The number of nitrogens with one attached hydrogen (secondary N) is 1. The smallest absolute Gasteiger partial charge is 0.225 e. The van der Waals surface area contributed by atoms with E-state index in [1.54, 1.807) is 4.90 Å². The molecule has 2 aromatic rings. The van der Waals surface area contributed by atoms with E-state index in [-0.39, 0.29) is 30.1 Å². The van der Waals surface area contributed by atoms with Crippen molar-refractivity contribution >= 4 is 11.8 Å². The molecule has 1 saturated heterocycles. The van der Waals surface area contributed by atoms with Crippen molar-refractivity contribution in [3.8, 4) is 0 Å². The number of nitrogens with zero attached hydrogens (tertiary/aromatic N) is 2. The molecule has 0 spiro atoms. The average molecular weight is 355 g/mol. The predicted molar refractivity (Wildman–Crippen MR) is 97.1 cm³/mol. The zero-order chi connectivity index (χ0) is 18.7. The number of aryl methyl sites for hydroxylation is 1. The fraction of sp³-hybridized carbons (Fsp3) is 0.450. The highest BCUT2D eigenvalue weighted by atomic mass is 16.5. The van der Waals surface area contributed by atoms with Gasteiger partial charge in [-0.15, -0.1) is 0 Å². The number of rotatable bonds is 6. The van der Waals surface area contributed by atoms with E-state index in [1.165, 1.54) is 5.56 Å². The van der Waals surface area contributed by atoms with Crippen LogP contribution in [0.5, 0.6) is 0 Å². The van der Waals surface area contributed by atoms with Crippen molar-refractivity contribution in [3.63, 3.8) is 0 Å². The summed E-state index contributed by atoms with van der Waals surface area (Å²) >= 11 is 0. The number of carbonyl (C=O) groups excluding carboxylic acids is 2. The fourth-order valence-corrected chi connectivity index (χ4v) is 3.02. The highest BCUT2D eigenvalue weighted by Gasteiger charge is 2.34. The molecule has 0 unspecified atom stereocenters. The SMILES string of the molecule is Cc1ccc(CN2C[C@@H](C(=O)NCc3cc(C(C)C)on3)CC2=O)cc1. The molecular formula is C20H25N3O3. The number of carbonyl (C=O) groups is 2. The van der Waals surface area contributed by atoms with E-state index in [0.29, 0.717) is 25.3 Å². The Bertz CT molecular complexity index is 780. The van der Waals surface area contributed by atoms with E-state index in [1.807, 2.05) is 51.1 Å². The van der Waals surface area contributed by atoms with Gasteiger partial charge in [0, 0.05) is 31.5 Å². The minimum Gasteiger partial charge on any atom is -0.361 e. The molecule has 6 heteroatoms. The Morgan fingerprint density at radius 2 is 2.08 bits per heavy atom. The van der Waals surface area contributed by atoms with Crippen molar-refractivity contribution in [2.75, 3.05) is 6.54 Å². The normalized spacial score (nSPS) is 17.2. The van der Waals surface area contributed by atoms with E-state index in [4.69, 9.17) is 4.52 Å². The molecule has 3 rings (SSSR count). The van der Waals surface area contributed by atoms with Gasteiger partial charge in [0.25, 0.3) is 0 Å². The topological polar surface area (TPSA) is 75.4 Å². The van der Waals surface area contributed by atoms with E-state index in [0.717, 1.165) is 11.3 Å². The summed E-state index contributed by atoms with van der Waals surface area (Å²) in [6.07, 6.45) is 0.258. The Morgan fingerprint density at radius 3 is 2.73 bits per heavy atom. The van der Waals surface area contributed by atoms with E-state index in [2.05, 4.69) is 10.5 Å². The third kappa shape index (κ3) is 4.31. The molecule has 138 valence electrons. The van der Waals surface area contributed by atoms with Crippen molar-refractivity contribution in [1.29, 1.82) is 0 Å². The molecule has 1 aliphatic rings. The van der Waals surface area contributed by atoms with E-state index < -0.39 is 0 Å². The molecule has 1 aliphatic heterocycles. The molecule has 1 aromatic heterocycles. The number of aromatic nitrogens is 1. The van der Waals surface area contributed by atoms with Gasteiger partial charge in [-0.25, -0.2) is 0 Å². The lowest BCUT2D eigenvalue weighted by Crippen LogP contribution is -2.32. The summed E-state index contributed by atoms with van der Waals surface area (Å²) in [6.45, 7) is 7.39. The molecule has 2 amide bonds. The fourth-order valence-electron chi connectivity index (χ4n) is 3.02.